The topological polar surface area (TPSA) is 59.8 Å². The lowest BCUT2D eigenvalue weighted by Crippen LogP contribution is -3.11. The Morgan fingerprint density at radius 3 is 2.35 bits per heavy atom. The lowest BCUT2D eigenvalue weighted by Gasteiger charge is -2.15. The molecule has 0 unspecified atom stereocenters. The first kappa shape index (κ1) is 19.6. The van der Waals surface area contributed by atoms with Crippen molar-refractivity contribution in [2.45, 2.75) is 13.8 Å². The number of carbonyl (C=O) groups excluding carboxylic acids is 2. The van der Waals surface area contributed by atoms with E-state index in [1.54, 1.807) is 24.3 Å². The maximum absolute atomic E-state index is 13.2. The van der Waals surface area contributed by atoms with E-state index in [-0.39, 0.29) is 11.5 Å². The van der Waals surface area contributed by atoms with Gasteiger partial charge in [-0.25, -0.2) is 9.18 Å². The minimum atomic E-state index is -0.470. The molecule has 6 heteroatoms. The maximum Gasteiger partial charge on any atom is 0.338 e. The number of likely N-dealkylation sites (N-methyl/N-ethyl adjacent to an activating group) is 1. The fourth-order valence-corrected chi connectivity index (χ4v) is 2.50. The second-order valence-corrected chi connectivity index (χ2v) is 5.88. The molecule has 0 atom stereocenters. The van der Waals surface area contributed by atoms with Gasteiger partial charge in [-0.05, 0) is 56.3 Å². The van der Waals surface area contributed by atoms with Crippen LogP contribution in [0.25, 0.3) is 0 Å². The molecule has 2 rings (SSSR count). The van der Waals surface area contributed by atoms with Crippen molar-refractivity contribution < 1.29 is 23.6 Å². The molecular formula is C20H24FN2O3+. The molecule has 0 fully saturated rings. The van der Waals surface area contributed by atoms with Crippen molar-refractivity contribution in [2.75, 3.05) is 31.6 Å². The van der Waals surface area contributed by atoms with Crippen molar-refractivity contribution in [3.8, 4) is 0 Å². The minimum absolute atomic E-state index is 0.229. The van der Waals surface area contributed by atoms with Crippen LogP contribution in [-0.2, 0) is 4.74 Å². The van der Waals surface area contributed by atoms with Gasteiger partial charge in [-0.1, -0.05) is 6.07 Å². The quantitative estimate of drug-likeness (QED) is 0.710. The molecule has 2 N–H and O–H groups in total. The van der Waals surface area contributed by atoms with Crippen LogP contribution < -0.4 is 10.2 Å². The highest BCUT2D eigenvalue weighted by atomic mass is 19.1. The summed E-state index contributed by atoms with van der Waals surface area (Å²) in [5, 5.41) is 2.66. The van der Waals surface area contributed by atoms with E-state index in [4.69, 9.17) is 4.74 Å². The van der Waals surface area contributed by atoms with Gasteiger partial charge in [0.05, 0.1) is 18.7 Å². The van der Waals surface area contributed by atoms with Gasteiger partial charge < -0.3 is 15.0 Å². The molecule has 0 aliphatic heterocycles. The average molecular weight is 359 g/mol. The average Bonchev–Trinajstić information content (AvgIpc) is 2.65. The number of quaternary nitrogens is 1. The van der Waals surface area contributed by atoms with E-state index in [0.29, 0.717) is 17.9 Å². The molecule has 0 radical (unpaired) electrons. The van der Waals surface area contributed by atoms with Gasteiger partial charge in [-0.15, -0.1) is 0 Å². The molecule has 138 valence electrons. The van der Waals surface area contributed by atoms with Gasteiger partial charge in [0, 0.05) is 11.3 Å². The number of amides is 1. The molecule has 1 amide bonds. The Morgan fingerprint density at radius 2 is 1.73 bits per heavy atom. The summed E-state index contributed by atoms with van der Waals surface area (Å²) in [6.07, 6.45) is 0. The fraction of sp³-hybridized carbons (Fsp3) is 0.300. The third-order valence-electron chi connectivity index (χ3n) is 4.15. The van der Waals surface area contributed by atoms with Crippen LogP contribution in [-0.4, -0.2) is 38.1 Å². The summed E-state index contributed by atoms with van der Waals surface area (Å²) in [4.78, 5) is 25.5. The zero-order valence-corrected chi connectivity index (χ0v) is 15.0. The second-order valence-electron chi connectivity index (χ2n) is 5.88. The smallest absolute Gasteiger partial charge is 0.338 e. The molecule has 0 saturated heterocycles. The molecule has 0 saturated carbocycles. The highest BCUT2D eigenvalue weighted by Crippen LogP contribution is 2.13. The Bertz CT molecular complexity index is 743. The molecule has 2 aromatic rings. The van der Waals surface area contributed by atoms with Crippen LogP contribution in [0.5, 0.6) is 0 Å². The monoisotopic (exact) mass is 359 g/mol. The van der Waals surface area contributed by atoms with E-state index < -0.39 is 11.7 Å². The molecule has 0 spiro atoms. The van der Waals surface area contributed by atoms with Crippen molar-refractivity contribution in [1.82, 2.24) is 0 Å². The maximum atomic E-state index is 13.2. The van der Waals surface area contributed by atoms with Gasteiger partial charge in [0.2, 0.25) is 0 Å². The third-order valence-corrected chi connectivity index (χ3v) is 4.15. The summed E-state index contributed by atoms with van der Waals surface area (Å²) in [6.45, 7) is 7.32. The largest absolute Gasteiger partial charge is 0.456 e. The minimum Gasteiger partial charge on any atom is -0.456 e. The third kappa shape index (κ3) is 5.67. The summed E-state index contributed by atoms with van der Waals surface area (Å²) in [7, 11) is 0. The highest BCUT2D eigenvalue weighted by Gasteiger charge is 2.11. The zero-order valence-electron chi connectivity index (χ0n) is 15.0. The number of ether oxygens (including phenoxy) is 1. The van der Waals surface area contributed by atoms with Gasteiger partial charge in [0.15, 0.2) is 0 Å². The van der Waals surface area contributed by atoms with Crippen molar-refractivity contribution in [3.05, 3.63) is 65.5 Å². The van der Waals surface area contributed by atoms with Crippen LogP contribution in [0.4, 0.5) is 10.1 Å². The normalized spacial score (nSPS) is 10.6. The first-order valence-corrected chi connectivity index (χ1v) is 8.71. The molecule has 0 heterocycles. The summed E-state index contributed by atoms with van der Waals surface area (Å²) >= 11 is 0. The van der Waals surface area contributed by atoms with E-state index in [1.807, 2.05) is 0 Å². The molecule has 0 aliphatic carbocycles. The van der Waals surface area contributed by atoms with Crippen LogP contribution in [0.3, 0.4) is 0 Å². The van der Waals surface area contributed by atoms with E-state index in [1.165, 1.54) is 29.2 Å². The number of rotatable bonds is 8. The summed E-state index contributed by atoms with van der Waals surface area (Å²) in [6, 6.07) is 11.9. The molecule has 2 aromatic carbocycles. The number of halogens is 1. The number of carbonyl (C=O) groups is 2. The number of hydrogen-bond donors (Lipinski definition) is 2. The molecule has 26 heavy (non-hydrogen) atoms. The van der Waals surface area contributed by atoms with E-state index >= 15 is 0 Å². The van der Waals surface area contributed by atoms with E-state index in [0.717, 1.165) is 19.6 Å². The lowest BCUT2D eigenvalue weighted by molar-refractivity contribution is -0.896. The van der Waals surface area contributed by atoms with Crippen molar-refractivity contribution >= 4 is 17.6 Å². The number of esters is 1. The Labute approximate surface area is 152 Å². The van der Waals surface area contributed by atoms with E-state index in [2.05, 4.69) is 19.2 Å². The molecule has 0 bridgehead atoms. The Morgan fingerprint density at radius 1 is 1.04 bits per heavy atom. The summed E-state index contributed by atoms with van der Waals surface area (Å²) in [5.74, 6) is -1.27. The van der Waals surface area contributed by atoms with Crippen LogP contribution in [0, 0.1) is 5.82 Å². The predicted octanol–water partition coefficient (Wildman–Crippen LogP) is 2.16. The number of nitrogens with one attached hydrogen (secondary N) is 2. The first-order chi connectivity index (χ1) is 12.5. The summed E-state index contributed by atoms with van der Waals surface area (Å²) in [5.41, 5.74) is 1.17. The van der Waals surface area contributed by atoms with Crippen LogP contribution in [0.15, 0.2) is 48.5 Å². The fourth-order valence-electron chi connectivity index (χ4n) is 2.50. The van der Waals surface area contributed by atoms with Crippen molar-refractivity contribution in [1.29, 1.82) is 0 Å². The SMILES string of the molecule is CC[NH+](CC)CCOC(=O)c1ccc(NC(=O)c2cccc(F)c2)cc1. The Kier molecular flexibility index (Phi) is 7.29. The van der Waals surface area contributed by atoms with Crippen LogP contribution in [0.1, 0.15) is 34.6 Å². The molecule has 0 aromatic heterocycles. The highest BCUT2D eigenvalue weighted by molar-refractivity contribution is 6.04. The van der Waals surface area contributed by atoms with Gasteiger partial charge in [-0.3, -0.25) is 4.79 Å². The Balaban J connectivity index is 1.89. The molecular weight excluding hydrogens is 335 g/mol. The molecule has 5 nitrogen and oxygen atoms in total. The zero-order chi connectivity index (χ0) is 18.9. The van der Waals surface area contributed by atoms with Gasteiger partial charge in [0.25, 0.3) is 5.91 Å². The Hall–Kier alpha value is -2.73. The number of benzene rings is 2. The lowest BCUT2D eigenvalue weighted by atomic mass is 10.2. The van der Waals surface area contributed by atoms with Crippen LogP contribution >= 0.6 is 0 Å². The summed E-state index contributed by atoms with van der Waals surface area (Å²) < 4.78 is 18.4. The van der Waals surface area contributed by atoms with E-state index in [9.17, 15) is 14.0 Å². The number of anilines is 1. The standard InChI is InChI=1S/C20H23FN2O3/c1-3-23(4-2)12-13-26-20(25)15-8-10-18(11-9-15)22-19(24)16-6-5-7-17(21)14-16/h5-11,14H,3-4,12-13H2,1-2H3,(H,22,24)/p+1. The van der Waals surface area contributed by atoms with Crippen LogP contribution in [0.2, 0.25) is 0 Å². The first-order valence-electron chi connectivity index (χ1n) is 8.71. The predicted molar refractivity (Wildman–Crippen MR) is 98.0 cm³/mol. The van der Waals surface area contributed by atoms with Crippen molar-refractivity contribution in [3.63, 3.8) is 0 Å². The second kappa shape index (κ2) is 9.68. The number of hydrogen-bond acceptors (Lipinski definition) is 3. The van der Waals surface area contributed by atoms with Gasteiger partial charge >= 0.3 is 5.97 Å². The van der Waals surface area contributed by atoms with Gasteiger partial charge in [-0.2, -0.15) is 0 Å². The molecule has 0 aliphatic rings. The van der Waals surface area contributed by atoms with Gasteiger partial charge in [0.1, 0.15) is 19.0 Å². The van der Waals surface area contributed by atoms with Crippen molar-refractivity contribution in [2.24, 2.45) is 0 Å².